The van der Waals surface area contributed by atoms with Crippen LogP contribution in [0.1, 0.15) is 43.8 Å². The predicted octanol–water partition coefficient (Wildman–Crippen LogP) is 2.08. The standard InChI is InChI=1S/C22H16N4O7/c1-11(27)25-13-4-2-3-12(9-13)14-7-8-32-19(14)22(31)33-21(30)15-5-6-17(28)16(10-23)18(15)20(29)26-24/h2-9,28H,24H2,1H3,(H,25,27)(H,26,29). The summed E-state index contributed by atoms with van der Waals surface area (Å²) in [5.74, 6) is 0.450. The second-order valence-electron chi connectivity index (χ2n) is 6.57. The number of carbonyl (C=O) groups excluding carboxylic acids is 4. The Balaban J connectivity index is 1.93. The van der Waals surface area contributed by atoms with Crippen molar-refractivity contribution < 1.29 is 33.4 Å². The summed E-state index contributed by atoms with van der Waals surface area (Å²) in [6.07, 6.45) is 1.21. The van der Waals surface area contributed by atoms with Gasteiger partial charge in [-0.1, -0.05) is 12.1 Å². The van der Waals surface area contributed by atoms with E-state index in [1.807, 2.05) is 0 Å². The van der Waals surface area contributed by atoms with Gasteiger partial charge in [-0.25, -0.2) is 15.4 Å². The predicted molar refractivity (Wildman–Crippen MR) is 113 cm³/mol. The number of rotatable bonds is 5. The van der Waals surface area contributed by atoms with E-state index in [0.717, 1.165) is 12.1 Å². The first-order chi connectivity index (χ1) is 15.8. The van der Waals surface area contributed by atoms with Crippen LogP contribution < -0.4 is 16.6 Å². The number of ether oxygens (including phenoxy) is 1. The molecule has 0 saturated carbocycles. The van der Waals surface area contributed by atoms with E-state index in [9.17, 15) is 29.5 Å². The summed E-state index contributed by atoms with van der Waals surface area (Å²) in [5, 5.41) is 21.7. The molecule has 0 aliphatic carbocycles. The van der Waals surface area contributed by atoms with Crippen LogP contribution in [0.15, 0.2) is 53.1 Å². The highest BCUT2D eigenvalue weighted by Gasteiger charge is 2.28. The van der Waals surface area contributed by atoms with E-state index in [2.05, 4.69) is 5.32 Å². The van der Waals surface area contributed by atoms with Crippen molar-refractivity contribution in [2.45, 2.75) is 6.92 Å². The first-order valence-corrected chi connectivity index (χ1v) is 9.25. The zero-order valence-electron chi connectivity index (χ0n) is 17.0. The van der Waals surface area contributed by atoms with Crippen molar-refractivity contribution in [1.29, 1.82) is 5.26 Å². The second-order valence-corrected chi connectivity index (χ2v) is 6.57. The van der Waals surface area contributed by atoms with Gasteiger partial charge in [-0.05, 0) is 35.9 Å². The van der Waals surface area contributed by atoms with Gasteiger partial charge in [-0.2, -0.15) is 5.26 Å². The molecule has 11 heteroatoms. The van der Waals surface area contributed by atoms with Crippen LogP contribution in [0, 0.1) is 11.3 Å². The summed E-state index contributed by atoms with van der Waals surface area (Å²) in [5.41, 5.74) is 1.47. The van der Waals surface area contributed by atoms with E-state index in [-0.39, 0.29) is 17.2 Å². The summed E-state index contributed by atoms with van der Waals surface area (Å²) in [6.45, 7) is 1.35. The minimum absolute atomic E-state index is 0.281. The van der Waals surface area contributed by atoms with Gasteiger partial charge >= 0.3 is 11.9 Å². The van der Waals surface area contributed by atoms with Gasteiger partial charge in [0.2, 0.25) is 11.7 Å². The fourth-order valence-electron chi connectivity index (χ4n) is 3.03. The zero-order chi connectivity index (χ0) is 24.1. The van der Waals surface area contributed by atoms with Crippen molar-refractivity contribution in [1.82, 2.24) is 5.43 Å². The second kappa shape index (κ2) is 9.46. The molecule has 3 rings (SSSR count). The third-order valence-electron chi connectivity index (χ3n) is 4.40. The molecule has 0 radical (unpaired) electrons. The number of nitrogens with two attached hydrogens (primary N) is 1. The summed E-state index contributed by atoms with van der Waals surface area (Å²) < 4.78 is 10.1. The number of amides is 2. The maximum absolute atomic E-state index is 12.7. The van der Waals surface area contributed by atoms with E-state index < -0.39 is 40.3 Å². The highest BCUT2D eigenvalue weighted by molar-refractivity contribution is 6.11. The maximum atomic E-state index is 12.7. The van der Waals surface area contributed by atoms with Crippen molar-refractivity contribution in [2.75, 3.05) is 5.32 Å². The number of aromatic hydroxyl groups is 1. The number of nitriles is 1. The molecule has 3 aromatic rings. The number of nitrogens with zero attached hydrogens (tertiary/aromatic N) is 1. The molecule has 0 unspecified atom stereocenters. The lowest BCUT2D eigenvalue weighted by molar-refractivity contribution is -0.114. The molecule has 0 fully saturated rings. The SMILES string of the molecule is CC(=O)Nc1cccc(-c2ccoc2C(=O)OC(=O)c2ccc(O)c(C#N)c2C(=O)NN)c1. The number of hydrogen-bond donors (Lipinski definition) is 4. The van der Waals surface area contributed by atoms with Crippen molar-refractivity contribution in [3.63, 3.8) is 0 Å². The van der Waals surface area contributed by atoms with Crippen molar-refractivity contribution in [3.8, 4) is 22.9 Å². The number of benzene rings is 2. The van der Waals surface area contributed by atoms with Crippen LogP contribution in [0.5, 0.6) is 5.75 Å². The third kappa shape index (κ3) is 4.71. The van der Waals surface area contributed by atoms with Crippen LogP contribution in [-0.2, 0) is 9.53 Å². The van der Waals surface area contributed by atoms with Crippen LogP contribution >= 0.6 is 0 Å². The Morgan fingerprint density at radius 2 is 1.88 bits per heavy atom. The first kappa shape index (κ1) is 22.7. The molecule has 1 heterocycles. The van der Waals surface area contributed by atoms with Crippen LogP contribution in [0.2, 0.25) is 0 Å². The average molecular weight is 448 g/mol. The van der Waals surface area contributed by atoms with Gasteiger partial charge in [-0.3, -0.25) is 15.0 Å². The molecule has 0 bridgehead atoms. The number of carbonyl (C=O) groups is 4. The molecule has 0 aliphatic heterocycles. The largest absolute Gasteiger partial charge is 0.507 e. The molecule has 1 aromatic heterocycles. The lowest BCUT2D eigenvalue weighted by Crippen LogP contribution is -2.32. The molecule has 166 valence electrons. The minimum Gasteiger partial charge on any atom is -0.507 e. The highest BCUT2D eigenvalue weighted by Crippen LogP contribution is 2.29. The molecule has 2 amide bonds. The fourth-order valence-corrected chi connectivity index (χ4v) is 3.03. The van der Waals surface area contributed by atoms with E-state index >= 15 is 0 Å². The van der Waals surface area contributed by atoms with Gasteiger partial charge in [0, 0.05) is 18.2 Å². The topological polar surface area (TPSA) is 185 Å². The molecule has 0 spiro atoms. The molecule has 33 heavy (non-hydrogen) atoms. The summed E-state index contributed by atoms with van der Waals surface area (Å²) >= 11 is 0. The zero-order valence-corrected chi connectivity index (χ0v) is 17.0. The lowest BCUT2D eigenvalue weighted by Gasteiger charge is -2.10. The molecular weight excluding hydrogens is 432 g/mol. The van der Waals surface area contributed by atoms with E-state index in [4.69, 9.17) is 15.0 Å². The lowest BCUT2D eigenvalue weighted by atomic mass is 10.00. The van der Waals surface area contributed by atoms with E-state index in [1.165, 1.54) is 19.3 Å². The molecule has 5 N–H and O–H groups in total. The van der Waals surface area contributed by atoms with Crippen molar-refractivity contribution in [3.05, 3.63) is 71.2 Å². The van der Waals surface area contributed by atoms with E-state index in [0.29, 0.717) is 11.3 Å². The monoisotopic (exact) mass is 448 g/mol. The average Bonchev–Trinajstić information content (AvgIpc) is 3.28. The molecule has 2 aromatic carbocycles. The smallest absolute Gasteiger partial charge is 0.382 e. The summed E-state index contributed by atoms with van der Waals surface area (Å²) in [7, 11) is 0. The Morgan fingerprint density at radius 3 is 2.55 bits per heavy atom. The Kier molecular flexibility index (Phi) is 6.52. The fraction of sp³-hybridized carbons (Fsp3) is 0.0455. The normalized spacial score (nSPS) is 10.1. The van der Waals surface area contributed by atoms with Gasteiger partial charge in [-0.15, -0.1) is 0 Å². The Labute approximate surface area is 186 Å². The number of nitrogen functional groups attached to an aromatic ring is 1. The summed E-state index contributed by atoms with van der Waals surface area (Å²) in [4.78, 5) is 48.7. The Bertz CT molecular complexity index is 1320. The number of furan rings is 1. The third-order valence-corrected chi connectivity index (χ3v) is 4.40. The minimum atomic E-state index is -1.27. The molecule has 0 aliphatic rings. The Morgan fingerprint density at radius 1 is 1.12 bits per heavy atom. The highest BCUT2D eigenvalue weighted by atomic mass is 16.6. The number of hydrazine groups is 1. The quantitative estimate of drug-likeness (QED) is 0.149. The molecule has 0 saturated heterocycles. The van der Waals surface area contributed by atoms with Crippen LogP contribution in [0.3, 0.4) is 0 Å². The Hall–Kier alpha value is -4.95. The van der Waals surface area contributed by atoms with Gasteiger partial charge in [0.1, 0.15) is 17.4 Å². The van der Waals surface area contributed by atoms with Gasteiger partial charge < -0.3 is 19.6 Å². The molecule has 0 atom stereocenters. The molecule has 11 nitrogen and oxygen atoms in total. The van der Waals surface area contributed by atoms with Gasteiger partial charge in [0.25, 0.3) is 5.91 Å². The van der Waals surface area contributed by atoms with Crippen LogP contribution in [0.25, 0.3) is 11.1 Å². The van der Waals surface area contributed by atoms with E-state index in [1.54, 1.807) is 35.8 Å². The van der Waals surface area contributed by atoms with Crippen molar-refractivity contribution >= 4 is 29.4 Å². The van der Waals surface area contributed by atoms with Gasteiger partial charge in [0.05, 0.1) is 17.4 Å². The van der Waals surface area contributed by atoms with Crippen LogP contribution in [-0.4, -0.2) is 28.9 Å². The number of anilines is 1. The first-order valence-electron chi connectivity index (χ1n) is 9.25. The van der Waals surface area contributed by atoms with Gasteiger partial charge in [0.15, 0.2) is 0 Å². The number of phenolic OH excluding ortho intramolecular Hbond substituents is 1. The molecular formula is C22H16N4O7. The number of esters is 2. The number of hydrogen-bond acceptors (Lipinski definition) is 9. The maximum Gasteiger partial charge on any atom is 0.382 e. The van der Waals surface area contributed by atoms with Crippen molar-refractivity contribution in [2.24, 2.45) is 5.84 Å². The summed E-state index contributed by atoms with van der Waals surface area (Å²) in [6, 6.07) is 11.6. The number of phenols is 1. The van der Waals surface area contributed by atoms with Crippen LogP contribution in [0.4, 0.5) is 5.69 Å². The number of nitrogens with one attached hydrogen (secondary N) is 2.